The van der Waals surface area contributed by atoms with Gasteiger partial charge in [0.05, 0.1) is 5.02 Å². The molecule has 0 saturated heterocycles. The number of aromatic nitrogens is 1. The zero-order valence-corrected chi connectivity index (χ0v) is 12.5. The molecule has 8 heteroatoms. The first-order valence-corrected chi connectivity index (χ1v) is 6.85. The number of benzene rings is 1. The highest BCUT2D eigenvalue weighted by Gasteiger charge is 2.12. The minimum Gasteiger partial charge on any atom is -0.435 e. The van der Waals surface area contributed by atoms with Crippen LogP contribution in [0.4, 0.5) is 8.78 Å². The van der Waals surface area contributed by atoms with Crippen LogP contribution in [0.5, 0.6) is 5.75 Å². The highest BCUT2D eigenvalue weighted by Crippen LogP contribution is 2.17. The summed E-state index contributed by atoms with van der Waals surface area (Å²) in [7, 11) is 0. The van der Waals surface area contributed by atoms with E-state index in [2.05, 4.69) is 15.0 Å². The summed E-state index contributed by atoms with van der Waals surface area (Å²) in [6.07, 6.45) is 0. The fraction of sp³-hybridized carbons (Fsp3) is 0.143. The van der Waals surface area contributed by atoms with Gasteiger partial charge in [0.25, 0.3) is 5.91 Å². The summed E-state index contributed by atoms with van der Waals surface area (Å²) < 4.78 is 28.3. The smallest absolute Gasteiger partial charge is 0.387 e. The molecule has 4 nitrogen and oxygen atoms in total. The maximum Gasteiger partial charge on any atom is 0.387 e. The van der Waals surface area contributed by atoms with Crippen LogP contribution in [0.2, 0.25) is 10.2 Å². The Morgan fingerprint density at radius 2 is 1.86 bits per heavy atom. The van der Waals surface area contributed by atoms with Gasteiger partial charge in [0.1, 0.15) is 16.6 Å². The van der Waals surface area contributed by atoms with Gasteiger partial charge in [-0.3, -0.25) is 4.79 Å². The second-order valence-corrected chi connectivity index (χ2v) is 4.96. The third-order valence-corrected chi connectivity index (χ3v) is 3.14. The zero-order chi connectivity index (χ0) is 16.1. The monoisotopic (exact) mass is 346 g/mol. The lowest BCUT2D eigenvalue weighted by molar-refractivity contribution is -0.0498. The molecule has 0 radical (unpaired) electrons. The molecule has 0 unspecified atom stereocenters. The number of rotatable bonds is 5. The SMILES string of the molecule is O=C(NCc1ccc(OC(F)F)cc1)c1nc(Cl)ccc1Cl. The van der Waals surface area contributed by atoms with E-state index in [9.17, 15) is 13.6 Å². The fourth-order valence-corrected chi connectivity index (χ4v) is 1.97. The van der Waals surface area contributed by atoms with Gasteiger partial charge in [0.2, 0.25) is 0 Å². The highest BCUT2D eigenvalue weighted by molar-refractivity contribution is 6.34. The second kappa shape index (κ2) is 7.38. The third kappa shape index (κ3) is 4.54. The molecule has 116 valence electrons. The molecule has 0 saturated carbocycles. The van der Waals surface area contributed by atoms with Crippen LogP contribution in [0, 0.1) is 0 Å². The summed E-state index contributed by atoms with van der Waals surface area (Å²) in [5.74, 6) is -0.440. The number of nitrogens with one attached hydrogen (secondary N) is 1. The number of carbonyl (C=O) groups is 1. The summed E-state index contributed by atoms with van der Waals surface area (Å²) in [5, 5.41) is 2.95. The van der Waals surface area contributed by atoms with Crippen LogP contribution in [0.25, 0.3) is 0 Å². The Morgan fingerprint density at radius 1 is 1.18 bits per heavy atom. The largest absolute Gasteiger partial charge is 0.435 e. The van der Waals surface area contributed by atoms with Crippen molar-refractivity contribution in [2.75, 3.05) is 0 Å². The number of hydrogen-bond acceptors (Lipinski definition) is 3. The molecule has 1 amide bonds. The zero-order valence-electron chi connectivity index (χ0n) is 11.0. The molecule has 0 atom stereocenters. The number of alkyl halides is 2. The molecule has 1 N–H and O–H groups in total. The summed E-state index contributed by atoms with van der Waals surface area (Å²) in [6.45, 7) is -2.69. The quantitative estimate of drug-likeness (QED) is 0.834. The average molecular weight is 347 g/mol. The topological polar surface area (TPSA) is 51.2 Å². The summed E-state index contributed by atoms with van der Waals surface area (Å²) in [6, 6.07) is 8.84. The van der Waals surface area contributed by atoms with Crippen molar-refractivity contribution in [3.63, 3.8) is 0 Å². The predicted octanol–water partition coefficient (Wildman–Crippen LogP) is 3.92. The van der Waals surface area contributed by atoms with Crippen LogP contribution in [0.1, 0.15) is 16.1 Å². The first-order valence-electron chi connectivity index (χ1n) is 6.09. The Morgan fingerprint density at radius 3 is 2.50 bits per heavy atom. The minimum absolute atomic E-state index is 0.0202. The van der Waals surface area contributed by atoms with Crippen molar-refractivity contribution in [2.45, 2.75) is 13.2 Å². The average Bonchev–Trinajstić information content (AvgIpc) is 2.48. The van der Waals surface area contributed by atoms with Gasteiger partial charge in [-0.2, -0.15) is 8.78 Å². The lowest BCUT2D eigenvalue weighted by Gasteiger charge is -2.08. The molecule has 1 aromatic carbocycles. The number of nitrogens with zero attached hydrogens (tertiary/aromatic N) is 1. The van der Waals surface area contributed by atoms with Crippen molar-refractivity contribution >= 4 is 29.1 Å². The van der Waals surface area contributed by atoms with Crippen LogP contribution >= 0.6 is 23.2 Å². The second-order valence-electron chi connectivity index (χ2n) is 4.17. The highest BCUT2D eigenvalue weighted by atomic mass is 35.5. The van der Waals surface area contributed by atoms with Gasteiger partial charge >= 0.3 is 6.61 Å². The Kier molecular flexibility index (Phi) is 5.51. The van der Waals surface area contributed by atoms with Gasteiger partial charge in [0, 0.05) is 6.54 Å². The maximum absolute atomic E-state index is 12.0. The summed E-state index contributed by atoms with van der Waals surface area (Å²) in [4.78, 5) is 15.8. The first kappa shape index (κ1) is 16.5. The van der Waals surface area contributed by atoms with Gasteiger partial charge in [-0.1, -0.05) is 35.3 Å². The maximum atomic E-state index is 12.0. The minimum atomic E-state index is -2.87. The number of ether oxygens (including phenoxy) is 1. The van der Waals surface area contributed by atoms with Gasteiger partial charge in [-0.15, -0.1) is 0 Å². The van der Waals surface area contributed by atoms with Gasteiger partial charge < -0.3 is 10.1 Å². The van der Waals surface area contributed by atoms with Gasteiger partial charge in [0.15, 0.2) is 0 Å². The van der Waals surface area contributed by atoms with E-state index in [1.165, 1.54) is 24.3 Å². The molecule has 1 aromatic heterocycles. The molecule has 2 aromatic rings. The summed E-state index contributed by atoms with van der Waals surface area (Å²) in [5.41, 5.74) is 0.722. The third-order valence-electron chi connectivity index (χ3n) is 2.63. The fourth-order valence-electron chi connectivity index (χ4n) is 1.63. The van der Waals surface area contributed by atoms with E-state index >= 15 is 0 Å². The normalized spacial score (nSPS) is 10.6. The molecule has 0 fully saturated rings. The Balaban J connectivity index is 1.97. The van der Waals surface area contributed by atoms with Crippen LogP contribution in [0.15, 0.2) is 36.4 Å². The van der Waals surface area contributed by atoms with E-state index in [0.29, 0.717) is 5.56 Å². The Hall–Kier alpha value is -1.92. The molecule has 22 heavy (non-hydrogen) atoms. The van der Waals surface area contributed by atoms with E-state index in [-0.39, 0.29) is 28.2 Å². The lowest BCUT2D eigenvalue weighted by atomic mass is 10.2. The Labute approximate surface area is 135 Å². The van der Waals surface area contributed by atoms with Gasteiger partial charge in [-0.25, -0.2) is 4.98 Å². The van der Waals surface area contributed by atoms with Crippen LogP contribution in [0.3, 0.4) is 0 Å². The standard InChI is InChI=1S/C14H10Cl2F2N2O2/c15-10-5-6-11(16)20-12(10)13(21)19-7-8-1-3-9(4-2-8)22-14(17)18/h1-6,14H,7H2,(H,19,21). The molecule has 0 aliphatic carbocycles. The van der Waals surface area contributed by atoms with Crippen LogP contribution in [-0.4, -0.2) is 17.5 Å². The van der Waals surface area contributed by atoms with Crippen LogP contribution < -0.4 is 10.1 Å². The van der Waals surface area contributed by atoms with Gasteiger partial charge in [-0.05, 0) is 29.8 Å². The number of pyridine rings is 1. The number of halogens is 4. The number of amides is 1. The van der Waals surface area contributed by atoms with E-state index < -0.39 is 12.5 Å². The van der Waals surface area contributed by atoms with E-state index in [0.717, 1.165) is 0 Å². The molecular weight excluding hydrogens is 337 g/mol. The lowest BCUT2D eigenvalue weighted by Crippen LogP contribution is -2.24. The number of hydrogen-bond donors (Lipinski definition) is 1. The van der Waals surface area contributed by atoms with Crippen molar-refractivity contribution in [3.8, 4) is 5.75 Å². The number of carbonyl (C=O) groups excluding carboxylic acids is 1. The van der Waals surface area contributed by atoms with Crippen molar-refractivity contribution < 1.29 is 18.3 Å². The molecule has 2 rings (SSSR count). The first-order chi connectivity index (χ1) is 10.5. The molecule has 0 spiro atoms. The molecule has 0 bridgehead atoms. The van der Waals surface area contributed by atoms with Crippen molar-refractivity contribution in [2.24, 2.45) is 0 Å². The molecular formula is C14H10Cl2F2N2O2. The summed E-state index contributed by atoms with van der Waals surface area (Å²) >= 11 is 11.6. The van der Waals surface area contributed by atoms with Crippen molar-refractivity contribution in [3.05, 3.63) is 57.8 Å². The molecule has 0 aliphatic heterocycles. The molecule has 1 heterocycles. The Bertz CT molecular complexity index is 666. The predicted molar refractivity (Wildman–Crippen MR) is 78.5 cm³/mol. The van der Waals surface area contributed by atoms with Crippen LogP contribution in [-0.2, 0) is 6.54 Å². The van der Waals surface area contributed by atoms with E-state index in [4.69, 9.17) is 23.2 Å². The van der Waals surface area contributed by atoms with E-state index in [1.807, 2.05) is 0 Å². The van der Waals surface area contributed by atoms with E-state index in [1.54, 1.807) is 12.1 Å². The molecule has 0 aliphatic rings. The van der Waals surface area contributed by atoms with Crippen molar-refractivity contribution in [1.82, 2.24) is 10.3 Å². The van der Waals surface area contributed by atoms with Crippen molar-refractivity contribution in [1.29, 1.82) is 0 Å².